The summed E-state index contributed by atoms with van der Waals surface area (Å²) in [7, 11) is -3.51. The Morgan fingerprint density at radius 2 is 2.06 bits per heavy atom. The number of benzene rings is 1. The van der Waals surface area contributed by atoms with E-state index in [4.69, 9.17) is 4.74 Å². The van der Waals surface area contributed by atoms with Gasteiger partial charge in [0.05, 0.1) is 16.8 Å². The van der Waals surface area contributed by atoms with Crippen molar-refractivity contribution in [2.24, 2.45) is 10.9 Å². The number of hydrogen-bond donors (Lipinski definition) is 0. The molecular weight excluding hydrogens is 473 g/mol. The molecule has 7 nitrogen and oxygen atoms in total. The van der Waals surface area contributed by atoms with Crippen molar-refractivity contribution in [2.75, 3.05) is 26.3 Å². The van der Waals surface area contributed by atoms with Crippen molar-refractivity contribution in [3.8, 4) is 0 Å². The number of aromatic nitrogens is 1. The van der Waals surface area contributed by atoms with Gasteiger partial charge in [0, 0.05) is 32.2 Å². The van der Waals surface area contributed by atoms with Crippen LogP contribution in [0.3, 0.4) is 0 Å². The van der Waals surface area contributed by atoms with Crippen molar-refractivity contribution in [3.63, 3.8) is 0 Å². The van der Waals surface area contributed by atoms with Gasteiger partial charge >= 0.3 is 0 Å². The summed E-state index contributed by atoms with van der Waals surface area (Å²) in [6.07, 6.45) is 0.844. The topological polar surface area (TPSA) is 81.0 Å². The predicted octanol–water partition coefficient (Wildman–Crippen LogP) is 3.47. The van der Waals surface area contributed by atoms with Gasteiger partial charge in [-0.2, -0.15) is 9.30 Å². The zero-order chi connectivity index (χ0) is 22.7. The van der Waals surface area contributed by atoms with Crippen LogP contribution in [-0.4, -0.2) is 49.5 Å². The third-order valence-electron chi connectivity index (χ3n) is 5.41. The lowest BCUT2D eigenvalue weighted by molar-refractivity contribution is -0.122. The van der Waals surface area contributed by atoms with Crippen LogP contribution in [0.15, 0.2) is 44.9 Å². The van der Waals surface area contributed by atoms with Crippen molar-refractivity contribution in [1.29, 1.82) is 0 Å². The molecule has 0 spiro atoms. The minimum Gasteiger partial charge on any atom is -0.380 e. The lowest BCUT2D eigenvalue weighted by atomic mass is 9.98. The van der Waals surface area contributed by atoms with E-state index in [1.54, 1.807) is 23.6 Å². The maximum atomic E-state index is 13.7. The Kier molecular flexibility index (Phi) is 7.21. The zero-order valence-electron chi connectivity index (χ0n) is 17.6. The van der Waals surface area contributed by atoms with Crippen LogP contribution in [0.25, 0.3) is 10.2 Å². The van der Waals surface area contributed by atoms with E-state index in [1.807, 2.05) is 11.5 Å². The molecule has 1 fully saturated rings. The van der Waals surface area contributed by atoms with Crippen molar-refractivity contribution in [2.45, 2.75) is 30.5 Å². The summed E-state index contributed by atoms with van der Waals surface area (Å²) >= 11 is 2.46. The fourth-order valence-electron chi connectivity index (χ4n) is 3.71. The second kappa shape index (κ2) is 9.92. The number of rotatable bonds is 7. The Hall–Kier alpha value is -1.92. The standard InChI is InChI=1S/C21H24FN3O4S3/c1-2-29-12-11-25-17-6-5-16(22)14-18(17)31-21(25)23-20(26)15-7-9-24(10-8-15)32(27,28)19-4-3-13-30-19/h3-6,13-15H,2,7-12H2,1H3. The number of hydrogen-bond acceptors (Lipinski definition) is 6. The molecular formula is C21H24FN3O4S3. The lowest BCUT2D eigenvalue weighted by Gasteiger charge is -2.29. The number of carbonyl (C=O) groups is 1. The van der Waals surface area contributed by atoms with E-state index in [-0.39, 0.29) is 30.7 Å². The molecule has 0 radical (unpaired) electrons. The summed E-state index contributed by atoms with van der Waals surface area (Å²) in [5.74, 6) is -0.949. The first-order chi connectivity index (χ1) is 15.4. The Morgan fingerprint density at radius 3 is 2.75 bits per heavy atom. The fourth-order valence-corrected chi connectivity index (χ4v) is 7.42. The summed E-state index contributed by atoms with van der Waals surface area (Å²) in [6, 6.07) is 7.82. The highest BCUT2D eigenvalue weighted by Crippen LogP contribution is 2.27. The molecule has 3 heterocycles. The van der Waals surface area contributed by atoms with E-state index in [9.17, 15) is 17.6 Å². The lowest BCUT2D eigenvalue weighted by Crippen LogP contribution is -2.40. The Bertz CT molecular complexity index is 1260. The zero-order valence-corrected chi connectivity index (χ0v) is 20.0. The molecule has 32 heavy (non-hydrogen) atoms. The SMILES string of the molecule is CCOCCn1c(=NC(=O)C2CCN(S(=O)(=O)c3cccs3)CC2)sc2cc(F)ccc21. The molecule has 0 atom stereocenters. The number of fused-ring (bicyclic) bond motifs is 1. The maximum Gasteiger partial charge on any atom is 0.252 e. The van der Waals surface area contributed by atoms with Gasteiger partial charge in [-0.3, -0.25) is 4.79 Å². The summed E-state index contributed by atoms with van der Waals surface area (Å²) in [5.41, 5.74) is 0.805. The molecule has 0 saturated carbocycles. The van der Waals surface area contributed by atoms with Crippen molar-refractivity contribution in [3.05, 3.63) is 46.3 Å². The number of thiophene rings is 1. The monoisotopic (exact) mass is 497 g/mol. The van der Waals surface area contributed by atoms with Gasteiger partial charge in [-0.1, -0.05) is 17.4 Å². The molecule has 0 unspecified atom stereocenters. The van der Waals surface area contributed by atoms with Crippen molar-refractivity contribution in [1.82, 2.24) is 8.87 Å². The minimum absolute atomic E-state index is 0.268. The van der Waals surface area contributed by atoms with Crippen LogP contribution < -0.4 is 4.80 Å². The van der Waals surface area contributed by atoms with Gasteiger partial charge in [0.15, 0.2) is 4.80 Å². The number of ether oxygens (including phenoxy) is 1. The number of piperidine rings is 1. The van der Waals surface area contributed by atoms with Crippen molar-refractivity contribution >= 4 is 48.8 Å². The van der Waals surface area contributed by atoms with Crippen LogP contribution in [0.1, 0.15) is 19.8 Å². The Labute approximate surface area is 193 Å². The number of halogens is 1. The first-order valence-corrected chi connectivity index (χ1v) is 13.5. The van der Waals surface area contributed by atoms with Gasteiger partial charge in [0.25, 0.3) is 15.9 Å². The van der Waals surface area contributed by atoms with Gasteiger partial charge in [-0.05, 0) is 49.4 Å². The predicted molar refractivity (Wildman–Crippen MR) is 123 cm³/mol. The smallest absolute Gasteiger partial charge is 0.252 e. The highest BCUT2D eigenvalue weighted by molar-refractivity contribution is 7.91. The van der Waals surface area contributed by atoms with Gasteiger partial charge in [-0.25, -0.2) is 12.8 Å². The third-order valence-corrected chi connectivity index (χ3v) is 9.72. The summed E-state index contributed by atoms with van der Waals surface area (Å²) in [6.45, 7) is 4.02. The quantitative estimate of drug-likeness (QED) is 0.468. The molecule has 2 aromatic heterocycles. The summed E-state index contributed by atoms with van der Waals surface area (Å²) in [4.78, 5) is 17.8. The molecule has 3 aromatic rings. The maximum absolute atomic E-state index is 13.7. The third kappa shape index (κ3) is 4.86. The first kappa shape index (κ1) is 23.2. The fraction of sp³-hybridized carbons (Fsp3) is 0.429. The van der Waals surface area contributed by atoms with E-state index in [2.05, 4.69) is 4.99 Å². The van der Waals surface area contributed by atoms with Gasteiger partial charge in [0.1, 0.15) is 10.0 Å². The largest absolute Gasteiger partial charge is 0.380 e. The van der Waals surface area contributed by atoms with Gasteiger partial charge in [0.2, 0.25) is 0 Å². The average molecular weight is 498 g/mol. The summed E-state index contributed by atoms with van der Waals surface area (Å²) in [5, 5.41) is 1.74. The molecule has 0 N–H and O–H groups in total. The Balaban J connectivity index is 1.53. The molecule has 1 aliphatic heterocycles. The molecule has 4 rings (SSSR count). The van der Waals surface area contributed by atoms with Crippen LogP contribution >= 0.6 is 22.7 Å². The van der Waals surface area contributed by atoms with E-state index in [0.29, 0.717) is 46.3 Å². The first-order valence-electron chi connectivity index (χ1n) is 10.4. The van der Waals surface area contributed by atoms with Crippen LogP contribution in [0.4, 0.5) is 4.39 Å². The van der Waals surface area contributed by atoms with E-state index in [0.717, 1.165) is 5.52 Å². The molecule has 1 aromatic carbocycles. The molecule has 1 saturated heterocycles. The number of sulfonamides is 1. The second-order valence-electron chi connectivity index (χ2n) is 7.41. The number of carbonyl (C=O) groups excluding carboxylic acids is 1. The van der Waals surface area contributed by atoms with E-state index in [1.165, 1.54) is 39.1 Å². The highest BCUT2D eigenvalue weighted by Gasteiger charge is 2.32. The van der Waals surface area contributed by atoms with Crippen LogP contribution in [-0.2, 0) is 26.1 Å². The van der Waals surface area contributed by atoms with Crippen LogP contribution in [0, 0.1) is 11.7 Å². The van der Waals surface area contributed by atoms with Gasteiger partial charge < -0.3 is 9.30 Å². The van der Waals surface area contributed by atoms with E-state index < -0.39 is 10.0 Å². The van der Waals surface area contributed by atoms with Crippen LogP contribution in [0.2, 0.25) is 0 Å². The average Bonchev–Trinajstić information content (AvgIpc) is 3.43. The summed E-state index contributed by atoms with van der Waals surface area (Å²) < 4.78 is 48.9. The van der Waals surface area contributed by atoms with Crippen molar-refractivity contribution < 1.29 is 22.3 Å². The molecule has 172 valence electrons. The molecule has 1 amide bonds. The number of nitrogens with zero attached hydrogens (tertiary/aromatic N) is 3. The van der Waals surface area contributed by atoms with Gasteiger partial charge in [-0.15, -0.1) is 11.3 Å². The minimum atomic E-state index is -3.51. The molecule has 0 aliphatic carbocycles. The molecule has 0 bridgehead atoms. The van der Waals surface area contributed by atoms with Crippen LogP contribution in [0.5, 0.6) is 0 Å². The molecule has 1 aliphatic rings. The normalized spacial score (nSPS) is 16.8. The number of thiazole rings is 1. The molecule has 11 heteroatoms. The number of amides is 1. The van der Waals surface area contributed by atoms with E-state index >= 15 is 0 Å². The second-order valence-corrected chi connectivity index (χ2v) is 11.5. The highest BCUT2D eigenvalue weighted by atomic mass is 32.2. The Morgan fingerprint density at radius 1 is 1.28 bits per heavy atom.